The van der Waals surface area contributed by atoms with E-state index in [-0.39, 0.29) is 19.5 Å². The van der Waals surface area contributed by atoms with Crippen molar-refractivity contribution >= 4 is 23.4 Å². The predicted octanol–water partition coefficient (Wildman–Crippen LogP) is -0.0572. The number of amides is 1. The van der Waals surface area contributed by atoms with Gasteiger partial charge in [-0.1, -0.05) is 0 Å². The minimum atomic E-state index is -0.485. The number of primary amides is 1. The fourth-order valence-corrected chi connectivity index (χ4v) is 2.44. The molecule has 0 unspecified atom stereocenters. The standard InChI is InChI=1S/C15H18N6O2.CH2O2/c1-20-7-5-10-3-4-11(17-14(10)20)15-18-13(9-12(16)23)19-21(15)6-2-8-22;2-1-3/h3-5,7,22H,2,6,8-9H2,1H3,(H2,16,23);1H,(H,2,3). The molecule has 0 atom stereocenters. The molecule has 0 aromatic carbocycles. The molecule has 0 bridgehead atoms. The second-order valence-electron chi connectivity index (χ2n) is 5.44. The Morgan fingerprint density at radius 3 is 2.69 bits per heavy atom. The highest BCUT2D eigenvalue weighted by atomic mass is 16.3. The van der Waals surface area contributed by atoms with E-state index in [9.17, 15) is 4.79 Å². The van der Waals surface area contributed by atoms with Gasteiger partial charge < -0.3 is 20.5 Å². The average Bonchev–Trinajstić information content (AvgIpc) is 3.16. The lowest BCUT2D eigenvalue weighted by atomic mass is 10.3. The third-order valence-corrected chi connectivity index (χ3v) is 3.52. The summed E-state index contributed by atoms with van der Waals surface area (Å²) in [6, 6.07) is 5.83. The molecule has 3 rings (SSSR count). The van der Waals surface area contributed by atoms with E-state index in [2.05, 4.69) is 15.1 Å². The van der Waals surface area contributed by atoms with Crippen LogP contribution >= 0.6 is 0 Å². The number of nitrogens with two attached hydrogens (primary N) is 1. The number of aliphatic hydroxyl groups is 1. The van der Waals surface area contributed by atoms with Gasteiger partial charge in [0.05, 0.1) is 6.42 Å². The molecule has 26 heavy (non-hydrogen) atoms. The van der Waals surface area contributed by atoms with Crippen LogP contribution in [0.3, 0.4) is 0 Å². The quantitative estimate of drug-likeness (QED) is 0.521. The van der Waals surface area contributed by atoms with E-state index in [0.717, 1.165) is 11.0 Å². The minimum absolute atomic E-state index is 0.0223. The van der Waals surface area contributed by atoms with Crippen LogP contribution in [0.4, 0.5) is 0 Å². The van der Waals surface area contributed by atoms with Gasteiger partial charge in [-0.3, -0.25) is 9.59 Å². The van der Waals surface area contributed by atoms with Crippen LogP contribution in [-0.4, -0.2) is 53.5 Å². The molecule has 3 heterocycles. The molecule has 0 spiro atoms. The van der Waals surface area contributed by atoms with Crippen LogP contribution in [0.5, 0.6) is 0 Å². The molecule has 0 saturated heterocycles. The van der Waals surface area contributed by atoms with E-state index in [1.54, 1.807) is 4.68 Å². The van der Waals surface area contributed by atoms with Crippen molar-refractivity contribution in [3.63, 3.8) is 0 Å². The monoisotopic (exact) mass is 360 g/mol. The molecule has 0 radical (unpaired) electrons. The second kappa shape index (κ2) is 8.72. The van der Waals surface area contributed by atoms with Crippen molar-refractivity contribution in [2.24, 2.45) is 12.8 Å². The Bertz CT molecular complexity index is 901. The molecule has 138 valence electrons. The van der Waals surface area contributed by atoms with Crippen LogP contribution in [0.2, 0.25) is 0 Å². The Labute approximate surface area is 148 Å². The highest BCUT2D eigenvalue weighted by Gasteiger charge is 2.15. The minimum Gasteiger partial charge on any atom is -0.483 e. The summed E-state index contributed by atoms with van der Waals surface area (Å²) >= 11 is 0. The number of nitrogens with zero attached hydrogens (tertiary/aromatic N) is 5. The summed E-state index contributed by atoms with van der Waals surface area (Å²) in [5.41, 5.74) is 6.73. The van der Waals surface area contributed by atoms with E-state index < -0.39 is 5.91 Å². The molecular weight excluding hydrogens is 340 g/mol. The predicted molar refractivity (Wildman–Crippen MR) is 93.0 cm³/mol. The average molecular weight is 360 g/mol. The van der Waals surface area contributed by atoms with Crippen LogP contribution in [0.25, 0.3) is 22.6 Å². The third kappa shape index (κ3) is 4.42. The summed E-state index contributed by atoms with van der Waals surface area (Å²) in [5, 5.41) is 21.3. The summed E-state index contributed by atoms with van der Waals surface area (Å²) in [4.78, 5) is 28.5. The first-order valence-electron chi connectivity index (χ1n) is 7.83. The topological polar surface area (TPSA) is 149 Å². The second-order valence-corrected chi connectivity index (χ2v) is 5.44. The number of rotatable bonds is 6. The smallest absolute Gasteiger partial charge is 0.290 e. The van der Waals surface area contributed by atoms with Gasteiger partial charge in [0.25, 0.3) is 6.47 Å². The summed E-state index contributed by atoms with van der Waals surface area (Å²) in [6.45, 7) is 0.291. The Morgan fingerprint density at radius 2 is 2.04 bits per heavy atom. The molecule has 0 aliphatic heterocycles. The Morgan fingerprint density at radius 1 is 1.31 bits per heavy atom. The largest absolute Gasteiger partial charge is 0.483 e. The normalized spacial score (nSPS) is 10.4. The van der Waals surface area contributed by atoms with E-state index in [4.69, 9.17) is 20.7 Å². The van der Waals surface area contributed by atoms with Crippen LogP contribution in [0, 0.1) is 0 Å². The lowest BCUT2D eigenvalue weighted by Crippen LogP contribution is -2.15. The molecule has 0 aliphatic rings. The summed E-state index contributed by atoms with van der Waals surface area (Å²) < 4.78 is 3.59. The molecule has 1 amide bonds. The van der Waals surface area contributed by atoms with Crippen LogP contribution in [0.15, 0.2) is 24.4 Å². The maximum atomic E-state index is 11.1. The number of hydrogen-bond donors (Lipinski definition) is 3. The van der Waals surface area contributed by atoms with Crippen molar-refractivity contribution in [3.05, 3.63) is 30.2 Å². The molecule has 0 fully saturated rings. The van der Waals surface area contributed by atoms with E-state index in [1.165, 1.54) is 0 Å². The molecule has 10 heteroatoms. The maximum absolute atomic E-state index is 11.1. The Kier molecular flexibility index (Phi) is 6.39. The SMILES string of the molecule is Cn1ccc2ccc(-c3nc(CC(N)=O)nn3CCCO)nc21.O=CO. The Balaban J connectivity index is 0.000000758. The number of aliphatic hydroxyl groups excluding tert-OH is 1. The maximum Gasteiger partial charge on any atom is 0.290 e. The van der Waals surface area contributed by atoms with Gasteiger partial charge >= 0.3 is 0 Å². The number of carbonyl (C=O) groups excluding carboxylic acids is 1. The van der Waals surface area contributed by atoms with Gasteiger partial charge in [-0.25, -0.2) is 14.6 Å². The molecule has 3 aromatic rings. The van der Waals surface area contributed by atoms with E-state index in [1.807, 2.05) is 36.0 Å². The van der Waals surface area contributed by atoms with Gasteiger partial charge in [-0.05, 0) is 24.6 Å². The zero-order chi connectivity index (χ0) is 19.1. The first-order valence-corrected chi connectivity index (χ1v) is 7.83. The molecular formula is C16H20N6O4. The Hall–Kier alpha value is -3.27. The van der Waals surface area contributed by atoms with Crippen molar-refractivity contribution < 1.29 is 19.8 Å². The molecule has 0 saturated carbocycles. The van der Waals surface area contributed by atoms with Gasteiger partial charge in [0.2, 0.25) is 5.91 Å². The highest BCUT2D eigenvalue weighted by Crippen LogP contribution is 2.20. The van der Waals surface area contributed by atoms with Gasteiger partial charge in [0.1, 0.15) is 11.3 Å². The lowest BCUT2D eigenvalue weighted by Gasteiger charge is -2.05. The fraction of sp³-hybridized carbons (Fsp3) is 0.312. The van der Waals surface area contributed by atoms with Gasteiger partial charge in [-0.15, -0.1) is 0 Å². The molecule has 3 aromatic heterocycles. The number of carbonyl (C=O) groups is 2. The molecule has 4 N–H and O–H groups in total. The van der Waals surface area contributed by atoms with Gasteiger partial charge in [0.15, 0.2) is 11.6 Å². The van der Waals surface area contributed by atoms with Gasteiger partial charge in [0, 0.05) is 31.8 Å². The summed E-state index contributed by atoms with van der Waals surface area (Å²) in [7, 11) is 1.92. The first-order chi connectivity index (χ1) is 12.5. The number of pyridine rings is 1. The highest BCUT2D eigenvalue weighted by molar-refractivity contribution is 5.79. The van der Waals surface area contributed by atoms with Crippen molar-refractivity contribution in [1.82, 2.24) is 24.3 Å². The summed E-state index contributed by atoms with van der Waals surface area (Å²) in [5.74, 6) is 0.443. The van der Waals surface area contributed by atoms with Crippen LogP contribution in [0.1, 0.15) is 12.2 Å². The van der Waals surface area contributed by atoms with Crippen molar-refractivity contribution in [2.45, 2.75) is 19.4 Å². The number of aromatic nitrogens is 5. The number of fused-ring (bicyclic) bond motifs is 1. The third-order valence-electron chi connectivity index (χ3n) is 3.52. The van der Waals surface area contributed by atoms with Crippen LogP contribution < -0.4 is 5.73 Å². The van der Waals surface area contributed by atoms with Gasteiger partial charge in [-0.2, -0.15) is 5.10 Å². The molecule has 0 aliphatic carbocycles. The number of hydrogen-bond acceptors (Lipinski definition) is 6. The zero-order valence-electron chi connectivity index (χ0n) is 14.2. The van der Waals surface area contributed by atoms with Crippen molar-refractivity contribution in [1.29, 1.82) is 0 Å². The number of carboxylic acid groups (broad SMARTS) is 1. The van der Waals surface area contributed by atoms with Crippen molar-refractivity contribution in [3.8, 4) is 11.5 Å². The fourth-order valence-electron chi connectivity index (χ4n) is 2.44. The molecule has 10 nitrogen and oxygen atoms in total. The summed E-state index contributed by atoms with van der Waals surface area (Å²) in [6.07, 6.45) is 2.46. The zero-order valence-corrected chi connectivity index (χ0v) is 14.2. The van der Waals surface area contributed by atoms with Crippen LogP contribution in [-0.2, 0) is 29.6 Å². The lowest BCUT2D eigenvalue weighted by molar-refractivity contribution is -0.123. The van der Waals surface area contributed by atoms with E-state index in [0.29, 0.717) is 30.3 Å². The first kappa shape index (κ1) is 19.1. The van der Waals surface area contributed by atoms with E-state index >= 15 is 0 Å². The number of aryl methyl sites for hydroxylation is 2. The van der Waals surface area contributed by atoms with Crippen molar-refractivity contribution in [2.75, 3.05) is 6.61 Å².